The summed E-state index contributed by atoms with van der Waals surface area (Å²) in [4.78, 5) is 36.8. The van der Waals surface area contributed by atoms with E-state index in [0.717, 1.165) is 0 Å². The maximum Gasteiger partial charge on any atom is 0.326 e. The minimum absolute atomic E-state index is 0.134. The fourth-order valence-corrected chi connectivity index (χ4v) is 1.26. The lowest BCUT2D eigenvalue weighted by Crippen LogP contribution is -2.43. The van der Waals surface area contributed by atoms with Gasteiger partial charge in [0.1, 0.15) is 11.2 Å². The number of aliphatic carboxylic acids is 1. The molecule has 2 amide bonds. The lowest BCUT2D eigenvalue weighted by atomic mass is 10.2. The number of carboxylic acids is 1. The summed E-state index contributed by atoms with van der Waals surface area (Å²) in [6.07, 6.45) is 0.711. The highest BCUT2D eigenvalue weighted by Crippen LogP contribution is 2.05. The molecule has 1 aromatic heterocycles. The highest BCUT2D eigenvalue weighted by molar-refractivity contribution is 6.29. The molecule has 0 aliphatic heterocycles. The molecule has 1 heterocycles. The molecular formula is C10H10ClN3O4. The van der Waals surface area contributed by atoms with E-state index in [-0.39, 0.29) is 10.7 Å². The summed E-state index contributed by atoms with van der Waals surface area (Å²) < 4.78 is 0. The predicted octanol–water partition coefficient (Wildman–Crippen LogP) is -0.207. The topological polar surface area (TPSA) is 122 Å². The number of halogens is 1. The highest BCUT2D eigenvalue weighted by atomic mass is 35.5. The van der Waals surface area contributed by atoms with Crippen LogP contribution in [0.4, 0.5) is 0 Å². The van der Waals surface area contributed by atoms with Gasteiger partial charge in [0.05, 0.1) is 12.0 Å². The van der Waals surface area contributed by atoms with Crippen molar-refractivity contribution in [2.75, 3.05) is 0 Å². The fourth-order valence-electron chi connectivity index (χ4n) is 1.15. The van der Waals surface area contributed by atoms with Crippen LogP contribution in [0, 0.1) is 0 Å². The maximum absolute atomic E-state index is 11.6. The smallest absolute Gasteiger partial charge is 0.326 e. The minimum Gasteiger partial charge on any atom is -0.480 e. The van der Waals surface area contributed by atoms with Crippen LogP contribution in [0.25, 0.3) is 0 Å². The number of rotatable bonds is 5. The summed E-state index contributed by atoms with van der Waals surface area (Å²) in [6, 6.07) is 1.40. The van der Waals surface area contributed by atoms with Gasteiger partial charge in [0.25, 0.3) is 5.91 Å². The van der Waals surface area contributed by atoms with Crippen LogP contribution in [0.5, 0.6) is 0 Å². The van der Waals surface area contributed by atoms with Crippen LogP contribution in [0.2, 0.25) is 5.15 Å². The number of carbonyl (C=O) groups is 3. The number of primary amides is 1. The Morgan fingerprint density at radius 1 is 1.44 bits per heavy atom. The first kappa shape index (κ1) is 13.9. The Bertz CT molecular complexity index is 475. The molecule has 0 aliphatic carbocycles. The molecule has 8 heteroatoms. The molecule has 0 fully saturated rings. The summed E-state index contributed by atoms with van der Waals surface area (Å²) >= 11 is 5.54. The molecule has 1 atom stereocenters. The number of pyridine rings is 1. The van der Waals surface area contributed by atoms with Crippen LogP contribution in [0.15, 0.2) is 18.3 Å². The van der Waals surface area contributed by atoms with Gasteiger partial charge >= 0.3 is 5.97 Å². The van der Waals surface area contributed by atoms with E-state index >= 15 is 0 Å². The van der Waals surface area contributed by atoms with Crippen LogP contribution in [0.3, 0.4) is 0 Å². The van der Waals surface area contributed by atoms with E-state index in [1.807, 2.05) is 0 Å². The number of nitrogens with zero attached hydrogens (tertiary/aromatic N) is 1. The molecule has 4 N–H and O–H groups in total. The normalized spacial score (nSPS) is 11.6. The SMILES string of the molecule is NC(=O)CC(NC(=O)c1ccc(Cl)nc1)C(=O)O. The summed E-state index contributed by atoms with van der Waals surface area (Å²) in [6.45, 7) is 0. The van der Waals surface area contributed by atoms with E-state index in [1.54, 1.807) is 0 Å². The van der Waals surface area contributed by atoms with Crippen molar-refractivity contribution < 1.29 is 19.5 Å². The van der Waals surface area contributed by atoms with Crippen molar-refractivity contribution in [1.29, 1.82) is 0 Å². The third kappa shape index (κ3) is 4.02. The van der Waals surface area contributed by atoms with Gasteiger partial charge in [-0.2, -0.15) is 0 Å². The van der Waals surface area contributed by atoms with Crippen molar-refractivity contribution in [3.8, 4) is 0 Å². The third-order valence-corrected chi connectivity index (χ3v) is 2.22. The second-order valence-electron chi connectivity index (χ2n) is 3.40. The summed E-state index contributed by atoms with van der Waals surface area (Å²) in [5, 5.41) is 11.2. The zero-order valence-corrected chi connectivity index (χ0v) is 9.85. The molecule has 1 aromatic rings. The summed E-state index contributed by atoms with van der Waals surface area (Å²) in [5.74, 6) is -2.84. The molecule has 0 spiro atoms. The van der Waals surface area contributed by atoms with E-state index in [0.29, 0.717) is 0 Å². The Morgan fingerprint density at radius 2 is 2.11 bits per heavy atom. The molecule has 1 unspecified atom stereocenters. The molecule has 0 aliphatic rings. The Kier molecular flexibility index (Phi) is 4.61. The molecule has 96 valence electrons. The summed E-state index contributed by atoms with van der Waals surface area (Å²) in [7, 11) is 0. The van der Waals surface area contributed by atoms with E-state index in [1.165, 1.54) is 18.3 Å². The van der Waals surface area contributed by atoms with Crippen LogP contribution < -0.4 is 11.1 Å². The maximum atomic E-state index is 11.6. The molecule has 0 aromatic carbocycles. The van der Waals surface area contributed by atoms with Crippen molar-refractivity contribution in [2.45, 2.75) is 12.5 Å². The van der Waals surface area contributed by atoms with Gasteiger partial charge in [-0.1, -0.05) is 11.6 Å². The van der Waals surface area contributed by atoms with Crippen molar-refractivity contribution in [1.82, 2.24) is 10.3 Å². The zero-order valence-electron chi connectivity index (χ0n) is 9.09. The Morgan fingerprint density at radius 3 is 2.56 bits per heavy atom. The first-order valence-electron chi connectivity index (χ1n) is 4.83. The minimum atomic E-state index is -1.37. The van der Waals surface area contributed by atoms with Gasteiger partial charge in [-0.25, -0.2) is 9.78 Å². The van der Waals surface area contributed by atoms with Gasteiger partial charge < -0.3 is 16.2 Å². The first-order valence-corrected chi connectivity index (χ1v) is 5.21. The van der Waals surface area contributed by atoms with Crippen LogP contribution >= 0.6 is 11.6 Å². The Hall–Kier alpha value is -2.15. The quantitative estimate of drug-likeness (QED) is 0.640. The van der Waals surface area contributed by atoms with Crippen molar-refractivity contribution >= 4 is 29.4 Å². The number of nitrogens with one attached hydrogen (secondary N) is 1. The average Bonchev–Trinajstić information content (AvgIpc) is 2.28. The number of carboxylic acid groups (broad SMARTS) is 1. The van der Waals surface area contributed by atoms with Gasteiger partial charge in [0, 0.05) is 6.20 Å². The molecule has 1 rings (SSSR count). The molecular weight excluding hydrogens is 262 g/mol. The van der Waals surface area contributed by atoms with Gasteiger partial charge in [-0.3, -0.25) is 9.59 Å². The van der Waals surface area contributed by atoms with Crippen molar-refractivity contribution in [2.24, 2.45) is 5.73 Å². The highest BCUT2D eigenvalue weighted by Gasteiger charge is 2.22. The van der Waals surface area contributed by atoms with Crippen LogP contribution in [-0.4, -0.2) is 33.9 Å². The van der Waals surface area contributed by atoms with Crippen LogP contribution in [-0.2, 0) is 9.59 Å². The number of hydrogen-bond donors (Lipinski definition) is 3. The van der Waals surface area contributed by atoms with E-state index in [4.69, 9.17) is 22.4 Å². The molecule has 18 heavy (non-hydrogen) atoms. The number of nitrogens with two attached hydrogens (primary N) is 1. The van der Waals surface area contributed by atoms with Gasteiger partial charge in [-0.15, -0.1) is 0 Å². The number of hydrogen-bond acceptors (Lipinski definition) is 4. The van der Waals surface area contributed by atoms with Gasteiger partial charge in [0.2, 0.25) is 5.91 Å². The molecule has 7 nitrogen and oxygen atoms in total. The number of amides is 2. The lowest BCUT2D eigenvalue weighted by molar-refractivity contribution is -0.140. The van der Waals surface area contributed by atoms with Gasteiger partial charge in [0.15, 0.2) is 0 Å². The molecule has 0 saturated carbocycles. The average molecular weight is 272 g/mol. The van der Waals surface area contributed by atoms with E-state index < -0.39 is 30.2 Å². The second kappa shape index (κ2) is 5.97. The molecule has 0 radical (unpaired) electrons. The zero-order chi connectivity index (χ0) is 13.7. The summed E-state index contributed by atoms with van der Waals surface area (Å²) in [5.41, 5.74) is 5.02. The largest absolute Gasteiger partial charge is 0.480 e. The van der Waals surface area contributed by atoms with Crippen molar-refractivity contribution in [3.05, 3.63) is 29.0 Å². The number of aromatic nitrogens is 1. The second-order valence-corrected chi connectivity index (χ2v) is 3.79. The fraction of sp³-hybridized carbons (Fsp3) is 0.200. The molecule has 0 saturated heterocycles. The van der Waals surface area contributed by atoms with Crippen LogP contribution in [0.1, 0.15) is 16.8 Å². The first-order chi connectivity index (χ1) is 8.40. The number of carbonyl (C=O) groups excluding carboxylic acids is 2. The lowest BCUT2D eigenvalue weighted by Gasteiger charge is -2.12. The van der Waals surface area contributed by atoms with E-state index in [9.17, 15) is 14.4 Å². The standard InChI is InChI=1S/C10H10ClN3O4/c11-7-2-1-5(4-13-7)9(16)14-6(10(17)18)3-8(12)15/h1-2,4,6H,3H2,(H2,12,15)(H,14,16)(H,17,18). The predicted molar refractivity (Wildman–Crippen MR) is 61.9 cm³/mol. The van der Waals surface area contributed by atoms with Gasteiger partial charge in [-0.05, 0) is 12.1 Å². The van der Waals surface area contributed by atoms with E-state index in [2.05, 4.69) is 10.3 Å². The Balaban J connectivity index is 2.75. The molecule has 0 bridgehead atoms. The van der Waals surface area contributed by atoms with Crippen molar-refractivity contribution in [3.63, 3.8) is 0 Å². The monoisotopic (exact) mass is 271 g/mol. The Labute approximate surface area is 107 Å². The third-order valence-electron chi connectivity index (χ3n) is 2.00.